The van der Waals surface area contributed by atoms with Gasteiger partial charge in [0.2, 0.25) is 0 Å². The number of para-hydroxylation sites is 1. The van der Waals surface area contributed by atoms with Gasteiger partial charge >= 0.3 is 0 Å². The first kappa shape index (κ1) is 31.6. The number of benzene rings is 6. The Hall–Kier alpha value is -7.36. The minimum atomic E-state index is 0.540. The summed E-state index contributed by atoms with van der Waals surface area (Å²) in [6, 6.07) is 51.3. The summed E-state index contributed by atoms with van der Waals surface area (Å²) in [6.07, 6.45) is 7.94. The third kappa shape index (κ3) is 5.86. The molecule has 0 saturated carbocycles. The smallest absolute Gasteiger partial charge is 0.164 e. The lowest BCUT2D eigenvalue weighted by molar-refractivity contribution is 0.575. The summed E-state index contributed by atoms with van der Waals surface area (Å²) in [5.74, 6) is 1.75. The highest BCUT2D eigenvalue weighted by Gasteiger charge is 2.15. The molecule has 0 amide bonds. The number of nitriles is 1. The van der Waals surface area contributed by atoms with Crippen LogP contribution in [0.2, 0.25) is 0 Å². The van der Waals surface area contributed by atoms with E-state index in [1.54, 1.807) is 0 Å². The van der Waals surface area contributed by atoms with Crippen molar-refractivity contribution in [1.29, 1.82) is 5.26 Å². The molecule has 0 fully saturated rings. The largest absolute Gasteiger partial charge is 0.456 e. The molecule has 9 aromatic rings. The van der Waals surface area contributed by atoms with Crippen LogP contribution >= 0.6 is 0 Å². The molecule has 0 bridgehead atoms. The second kappa shape index (κ2) is 13.4. The number of aromatic nitrogens is 4. The molecule has 250 valence electrons. The maximum Gasteiger partial charge on any atom is 0.164 e. The fraction of sp³-hybridized carbons (Fsp3) is 0.0213. The number of hydrogen-bond acceptors (Lipinski definition) is 5. The first-order chi connectivity index (χ1) is 26.2. The Kier molecular flexibility index (Phi) is 7.99. The molecular weight excluding hydrogens is 651 g/mol. The van der Waals surface area contributed by atoms with Gasteiger partial charge in [0.15, 0.2) is 17.5 Å². The van der Waals surface area contributed by atoms with E-state index in [2.05, 4.69) is 65.2 Å². The van der Waals surface area contributed by atoms with Crippen molar-refractivity contribution in [3.05, 3.63) is 180 Å². The molecule has 0 N–H and O–H groups in total. The fourth-order valence-corrected chi connectivity index (χ4v) is 6.91. The quantitative estimate of drug-likeness (QED) is 0.175. The third-order valence-electron chi connectivity index (χ3n) is 9.45. The van der Waals surface area contributed by atoms with Gasteiger partial charge in [-0.05, 0) is 84.8 Å². The van der Waals surface area contributed by atoms with Crippen LogP contribution in [-0.2, 0) is 0 Å². The van der Waals surface area contributed by atoms with E-state index in [9.17, 15) is 5.26 Å². The molecule has 0 spiro atoms. The summed E-state index contributed by atoms with van der Waals surface area (Å²) in [5.41, 5.74) is 9.33. The van der Waals surface area contributed by atoms with Crippen LogP contribution in [0.1, 0.15) is 18.3 Å². The van der Waals surface area contributed by atoms with Gasteiger partial charge in [0.05, 0.1) is 22.7 Å². The van der Waals surface area contributed by atoms with E-state index < -0.39 is 0 Å². The van der Waals surface area contributed by atoms with Gasteiger partial charge < -0.3 is 8.98 Å². The number of hydrogen-bond donors (Lipinski definition) is 0. The molecule has 0 aliphatic rings. The minimum absolute atomic E-state index is 0.540. The van der Waals surface area contributed by atoms with Crippen LogP contribution in [0.3, 0.4) is 0 Å². The van der Waals surface area contributed by atoms with Gasteiger partial charge in [-0.2, -0.15) is 5.26 Å². The lowest BCUT2D eigenvalue weighted by atomic mass is 10.0. The molecule has 3 heterocycles. The molecule has 3 aromatic heterocycles. The van der Waals surface area contributed by atoms with E-state index in [4.69, 9.17) is 19.4 Å². The van der Waals surface area contributed by atoms with Crippen molar-refractivity contribution in [2.24, 2.45) is 0 Å². The van der Waals surface area contributed by atoms with Gasteiger partial charge in [0.1, 0.15) is 11.0 Å². The monoisotopic (exact) mass is 681 g/mol. The van der Waals surface area contributed by atoms with Gasteiger partial charge in [-0.3, -0.25) is 0 Å². The maximum absolute atomic E-state index is 9.37. The van der Waals surface area contributed by atoms with Crippen molar-refractivity contribution < 1.29 is 4.42 Å². The van der Waals surface area contributed by atoms with Crippen molar-refractivity contribution >= 4 is 44.9 Å². The molecular formula is C47H31N5O. The Morgan fingerprint density at radius 2 is 1.23 bits per heavy atom. The number of fused-ring (bicyclic) bond motifs is 4. The standard InChI is InChI=1S/C47H31N5O/c1-2-3-18-43-40(29-45-49-46(32-12-6-4-7-13-32)51-47(50-45)33-14-8-5-9-15-33)39-28-35(22-26-44(39)53-43)34-21-25-42-38(27-34)37-16-10-11-17-41(37)52(42)36-23-19-31(30-48)20-24-36/h2-29H,1H3/b3-2-,40-29?,43-18+. The topological polar surface area (TPSA) is 80.5 Å². The highest BCUT2D eigenvalue weighted by atomic mass is 16.3. The number of nitrogens with zero attached hydrogens (tertiary/aromatic N) is 5. The Morgan fingerprint density at radius 1 is 0.604 bits per heavy atom. The van der Waals surface area contributed by atoms with Crippen molar-refractivity contribution in [1.82, 2.24) is 19.5 Å². The zero-order valence-electron chi connectivity index (χ0n) is 28.8. The molecule has 0 aliphatic carbocycles. The molecule has 0 atom stereocenters. The van der Waals surface area contributed by atoms with Crippen LogP contribution in [0.25, 0.3) is 84.5 Å². The zero-order chi connectivity index (χ0) is 35.7. The van der Waals surface area contributed by atoms with Crippen molar-refractivity contribution in [3.63, 3.8) is 0 Å². The van der Waals surface area contributed by atoms with Gasteiger partial charge in [-0.15, -0.1) is 0 Å². The molecule has 0 unspecified atom stereocenters. The average molecular weight is 682 g/mol. The predicted molar refractivity (Wildman–Crippen MR) is 213 cm³/mol. The summed E-state index contributed by atoms with van der Waals surface area (Å²) in [6.45, 7) is 1.99. The predicted octanol–water partition coefficient (Wildman–Crippen LogP) is 9.77. The molecule has 0 radical (unpaired) electrons. The lowest BCUT2D eigenvalue weighted by Crippen LogP contribution is -2.20. The Morgan fingerprint density at radius 3 is 1.91 bits per heavy atom. The molecule has 9 rings (SSSR count). The number of furan rings is 1. The maximum atomic E-state index is 9.37. The highest BCUT2D eigenvalue weighted by Crippen LogP contribution is 2.35. The van der Waals surface area contributed by atoms with Gasteiger partial charge in [0, 0.05) is 38.2 Å². The van der Waals surface area contributed by atoms with E-state index in [0.29, 0.717) is 23.0 Å². The SMILES string of the molecule is C/C=C\C=c1\oc2ccc(-c3ccc4c(c3)c3ccccc3n4-c3ccc(C#N)cc3)cc2c1=Cc1nc(-c2ccccc2)nc(-c2ccccc2)n1. The summed E-state index contributed by atoms with van der Waals surface area (Å²) >= 11 is 0. The van der Waals surface area contributed by atoms with Gasteiger partial charge in [-0.25, -0.2) is 15.0 Å². The summed E-state index contributed by atoms with van der Waals surface area (Å²) in [7, 11) is 0. The molecule has 6 heteroatoms. The summed E-state index contributed by atoms with van der Waals surface area (Å²) in [5, 5.41) is 13.5. The molecule has 0 aliphatic heterocycles. The first-order valence-corrected chi connectivity index (χ1v) is 17.5. The van der Waals surface area contributed by atoms with E-state index >= 15 is 0 Å². The van der Waals surface area contributed by atoms with Crippen molar-refractivity contribution in [3.8, 4) is 45.7 Å². The first-order valence-electron chi connectivity index (χ1n) is 17.5. The van der Waals surface area contributed by atoms with Crippen LogP contribution in [0, 0.1) is 11.3 Å². The van der Waals surface area contributed by atoms with Gasteiger partial charge in [0.25, 0.3) is 0 Å². The molecule has 6 nitrogen and oxygen atoms in total. The van der Waals surface area contributed by atoms with Crippen LogP contribution < -0.4 is 10.6 Å². The second-order valence-corrected chi connectivity index (χ2v) is 12.7. The van der Waals surface area contributed by atoms with E-state index in [1.807, 2.05) is 122 Å². The molecule has 6 aromatic carbocycles. The van der Waals surface area contributed by atoms with E-state index in [1.165, 1.54) is 0 Å². The average Bonchev–Trinajstić information content (AvgIpc) is 3.74. The number of allylic oxidation sites excluding steroid dienone is 2. The zero-order valence-corrected chi connectivity index (χ0v) is 28.8. The van der Waals surface area contributed by atoms with E-state index in [-0.39, 0.29) is 0 Å². The highest BCUT2D eigenvalue weighted by molar-refractivity contribution is 6.10. The molecule has 53 heavy (non-hydrogen) atoms. The molecule has 0 saturated heterocycles. The fourth-order valence-electron chi connectivity index (χ4n) is 6.91. The van der Waals surface area contributed by atoms with Crippen molar-refractivity contribution in [2.75, 3.05) is 0 Å². The van der Waals surface area contributed by atoms with E-state index in [0.717, 1.165) is 71.4 Å². The summed E-state index contributed by atoms with van der Waals surface area (Å²) in [4.78, 5) is 14.8. The minimum Gasteiger partial charge on any atom is -0.456 e. The normalized spacial score (nSPS) is 12.4. The van der Waals surface area contributed by atoms with Crippen LogP contribution in [-0.4, -0.2) is 19.5 Å². The lowest BCUT2D eigenvalue weighted by Gasteiger charge is -2.08. The summed E-state index contributed by atoms with van der Waals surface area (Å²) < 4.78 is 8.72. The van der Waals surface area contributed by atoms with Crippen LogP contribution in [0.5, 0.6) is 0 Å². The number of rotatable bonds is 6. The Labute approximate surface area is 305 Å². The Balaban J connectivity index is 1.23. The van der Waals surface area contributed by atoms with Gasteiger partial charge in [-0.1, -0.05) is 103 Å². The third-order valence-corrected chi connectivity index (χ3v) is 9.45. The second-order valence-electron chi connectivity index (χ2n) is 12.7. The van der Waals surface area contributed by atoms with Crippen LogP contribution in [0.4, 0.5) is 0 Å². The van der Waals surface area contributed by atoms with Crippen molar-refractivity contribution in [2.45, 2.75) is 6.92 Å². The Bertz CT molecular complexity index is 2950. The van der Waals surface area contributed by atoms with Crippen LogP contribution in [0.15, 0.2) is 162 Å².